The van der Waals surface area contributed by atoms with Gasteiger partial charge in [0.05, 0.1) is 0 Å². The molecule has 19 heavy (non-hydrogen) atoms. The summed E-state index contributed by atoms with van der Waals surface area (Å²) in [5.41, 5.74) is 6.21. The molecule has 4 heteroatoms. The van der Waals surface area contributed by atoms with Gasteiger partial charge in [0.1, 0.15) is 5.54 Å². The molecule has 0 saturated carbocycles. The first-order valence-corrected chi connectivity index (χ1v) is 6.77. The first-order valence-electron chi connectivity index (χ1n) is 6.77. The third kappa shape index (κ3) is 2.80. The number of nitrogens with zero attached hydrogens (tertiary/aromatic N) is 2. The maximum Gasteiger partial charge on any atom is 0.247 e. The highest BCUT2D eigenvalue weighted by atomic mass is 16.2. The first-order chi connectivity index (χ1) is 8.93. The van der Waals surface area contributed by atoms with Crippen molar-refractivity contribution >= 4 is 5.91 Å². The summed E-state index contributed by atoms with van der Waals surface area (Å²) in [6, 6.07) is 9.97. The Bertz CT molecular complexity index is 444. The average molecular weight is 261 g/mol. The summed E-state index contributed by atoms with van der Waals surface area (Å²) >= 11 is 0. The fourth-order valence-corrected chi connectivity index (χ4v) is 2.47. The van der Waals surface area contributed by atoms with E-state index in [0.717, 1.165) is 25.2 Å². The number of carbonyl (C=O) groups excluding carboxylic acids is 1. The molecule has 2 N–H and O–H groups in total. The van der Waals surface area contributed by atoms with Crippen LogP contribution in [0.2, 0.25) is 0 Å². The fraction of sp³-hybridized carbons (Fsp3) is 0.533. The number of piperazine rings is 1. The molecule has 0 spiro atoms. The number of benzene rings is 1. The maximum atomic E-state index is 12.7. The van der Waals surface area contributed by atoms with E-state index in [0.29, 0.717) is 6.04 Å². The lowest BCUT2D eigenvalue weighted by Gasteiger charge is -2.40. The van der Waals surface area contributed by atoms with E-state index in [2.05, 4.69) is 18.9 Å². The molecular formula is C15H23N3O. The maximum absolute atomic E-state index is 12.7. The van der Waals surface area contributed by atoms with Gasteiger partial charge < -0.3 is 15.5 Å². The molecule has 1 amide bonds. The number of carbonyl (C=O) groups is 1. The molecular weight excluding hydrogens is 238 g/mol. The van der Waals surface area contributed by atoms with Crippen molar-refractivity contribution in [2.24, 2.45) is 5.73 Å². The van der Waals surface area contributed by atoms with Gasteiger partial charge in [-0.1, -0.05) is 30.3 Å². The molecule has 4 nitrogen and oxygen atoms in total. The van der Waals surface area contributed by atoms with Gasteiger partial charge in [-0.3, -0.25) is 4.79 Å². The van der Waals surface area contributed by atoms with Crippen molar-refractivity contribution in [1.82, 2.24) is 9.80 Å². The van der Waals surface area contributed by atoms with Gasteiger partial charge in [0.15, 0.2) is 0 Å². The zero-order valence-corrected chi connectivity index (χ0v) is 12.0. The van der Waals surface area contributed by atoms with Crippen molar-refractivity contribution in [3.05, 3.63) is 35.9 Å². The van der Waals surface area contributed by atoms with Gasteiger partial charge in [-0.2, -0.15) is 0 Å². The molecule has 104 valence electrons. The summed E-state index contributed by atoms with van der Waals surface area (Å²) in [6.07, 6.45) is 0. The molecule has 0 bridgehead atoms. The van der Waals surface area contributed by atoms with Gasteiger partial charge in [-0.15, -0.1) is 0 Å². The van der Waals surface area contributed by atoms with E-state index in [1.54, 1.807) is 6.92 Å². The van der Waals surface area contributed by atoms with Crippen LogP contribution in [0.25, 0.3) is 0 Å². The molecule has 2 atom stereocenters. The second-order valence-electron chi connectivity index (χ2n) is 5.65. The Balaban J connectivity index is 2.15. The van der Waals surface area contributed by atoms with Gasteiger partial charge in [-0.25, -0.2) is 0 Å². The minimum Gasteiger partial charge on any atom is -0.338 e. The summed E-state index contributed by atoms with van der Waals surface area (Å²) in [5, 5.41) is 0. The van der Waals surface area contributed by atoms with Crippen molar-refractivity contribution in [1.29, 1.82) is 0 Å². The smallest absolute Gasteiger partial charge is 0.247 e. The minimum absolute atomic E-state index is 0.0126. The summed E-state index contributed by atoms with van der Waals surface area (Å²) < 4.78 is 0. The normalized spacial score (nSPS) is 24.0. The zero-order chi connectivity index (χ0) is 14.0. The third-order valence-corrected chi connectivity index (χ3v) is 4.06. The second kappa shape index (κ2) is 5.31. The van der Waals surface area contributed by atoms with E-state index in [1.165, 1.54) is 0 Å². The van der Waals surface area contributed by atoms with Gasteiger partial charge in [0, 0.05) is 25.7 Å². The van der Waals surface area contributed by atoms with E-state index < -0.39 is 5.54 Å². The lowest BCUT2D eigenvalue weighted by Crippen LogP contribution is -2.58. The monoisotopic (exact) mass is 261 g/mol. The van der Waals surface area contributed by atoms with Gasteiger partial charge in [0.25, 0.3) is 0 Å². The molecule has 0 aliphatic carbocycles. The summed E-state index contributed by atoms with van der Waals surface area (Å²) in [7, 11) is 2.09. The summed E-state index contributed by atoms with van der Waals surface area (Å²) in [5.74, 6) is 0.0126. The van der Waals surface area contributed by atoms with Crippen LogP contribution < -0.4 is 5.73 Å². The van der Waals surface area contributed by atoms with E-state index in [-0.39, 0.29) is 5.91 Å². The van der Waals surface area contributed by atoms with Crippen LogP contribution in [0.3, 0.4) is 0 Å². The van der Waals surface area contributed by atoms with Crippen LogP contribution in [0.15, 0.2) is 30.3 Å². The second-order valence-corrected chi connectivity index (χ2v) is 5.65. The minimum atomic E-state index is -0.948. The van der Waals surface area contributed by atoms with Crippen molar-refractivity contribution in [3.63, 3.8) is 0 Å². The van der Waals surface area contributed by atoms with Crippen molar-refractivity contribution in [2.45, 2.75) is 25.4 Å². The Morgan fingerprint density at radius 2 is 1.95 bits per heavy atom. The van der Waals surface area contributed by atoms with E-state index in [4.69, 9.17) is 5.73 Å². The number of nitrogens with two attached hydrogens (primary N) is 1. The number of hydrogen-bond acceptors (Lipinski definition) is 3. The standard InChI is InChI=1S/C15H23N3O/c1-12-11-18(10-9-17(12)3)14(19)15(2,16)13-7-5-4-6-8-13/h4-8,12H,9-11,16H2,1-3H3. The zero-order valence-electron chi connectivity index (χ0n) is 12.0. The number of likely N-dealkylation sites (N-methyl/N-ethyl adjacent to an activating group) is 1. The molecule has 0 radical (unpaired) electrons. The van der Waals surface area contributed by atoms with Crippen LogP contribution in [0.1, 0.15) is 19.4 Å². The van der Waals surface area contributed by atoms with Crippen LogP contribution in [0.4, 0.5) is 0 Å². The van der Waals surface area contributed by atoms with Crippen LogP contribution >= 0.6 is 0 Å². The predicted octanol–water partition coefficient (Wildman–Crippen LogP) is 1.02. The molecule has 1 aliphatic heterocycles. The third-order valence-electron chi connectivity index (χ3n) is 4.06. The molecule has 1 aliphatic rings. The summed E-state index contributed by atoms with van der Waals surface area (Å²) in [4.78, 5) is 16.8. The number of hydrogen-bond donors (Lipinski definition) is 1. The molecule has 1 fully saturated rings. The first kappa shape index (κ1) is 14.0. The van der Waals surface area contributed by atoms with E-state index in [9.17, 15) is 4.79 Å². The van der Waals surface area contributed by atoms with Crippen molar-refractivity contribution < 1.29 is 4.79 Å². The Kier molecular flexibility index (Phi) is 3.92. The molecule has 1 heterocycles. The number of rotatable bonds is 2. The van der Waals surface area contributed by atoms with Crippen LogP contribution in [-0.2, 0) is 10.3 Å². The molecule has 1 aromatic carbocycles. The summed E-state index contributed by atoms with van der Waals surface area (Å²) in [6.45, 7) is 6.33. The van der Waals surface area contributed by atoms with Crippen molar-refractivity contribution in [3.8, 4) is 0 Å². The van der Waals surface area contributed by atoms with Crippen LogP contribution in [0.5, 0.6) is 0 Å². The highest BCUT2D eigenvalue weighted by Gasteiger charge is 2.36. The Morgan fingerprint density at radius 1 is 1.32 bits per heavy atom. The van der Waals surface area contributed by atoms with Crippen LogP contribution in [0, 0.1) is 0 Å². The number of amides is 1. The molecule has 0 aromatic heterocycles. The SMILES string of the molecule is CC1CN(C(=O)C(C)(N)c2ccccc2)CCN1C. The molecule has 2 rings (SSSR count). The van der Waals surface area contributed by atoms with E-state index >= 15 is 0 Å². The Hall–Kier alpha value is -1.39. The highest BCUT2D eigenvalue weighted by Crippen LogP contribution is 2.21. The lowest BCUT2D eigenvalue weighted by atomic mass is 9.91. The largest absolute Gasteiger partial charge is 0.338 e. The van der Waals surface area contributed by atoms with Gasteiger partial charge in [0.2, 0.25) is 5.91 Å². The molecule has 1 saturated heterocycles. The Morgan fingerprint density at radius 3 is 2.53 bits per heavy atom. The van der Waals surface area contributed by atoms with Crippen LogP contribution in [-0.4, -0.2) is 48.4 Å². The Labute approximate surface area is 115 Å². The highest BCUT2D eigenvalue weighted by molar-refractivity contribution is 5.87. The van der Waals surface area contributed by atoms with Gasteiger partial charge >= 0.3 is 0 Å². The van der Waals surface area contributed by atoms with Gasteiger partial charge in [-0.05, 0) is 26.5 Å². The predicted molar refractivity (Wildman–Crippen MR) is 76.7 cm³/mol. The average Bonchev–Trinajstić information content (AvgIpc) is 2.42. The molecule has 2 unspecified atom stereocenters. The molecule has 1 aromatic rings. The van der Waals surface area contributed by atoms with E-state index in [1.807, 2.05) is 35.2 Å². The fourth-order valence-electron chi connectivity index (χ4n) is 2.47. The lowest BCUT2D eigenvalue weighted by molar-refractivity contribution is -0.139. The van der Waals surface area contributed by atoms with Crippen molar-refractivity contribution in [2.75, 3.05) is 26.7 Å². The topological polar surface area (TPSA) is 49.6 Å². The quantitative estimate of drug-likeness (QED) is 0.865.